The van der Waals surface area contributed by atoms with E-state index >= 15 is 0 Å². The summed E-state index contributed by atoms with van der Waals surface area (Å²) in [6, 6.07) is 14.2. The molecule has 0 saturated carbocycles. The second-order valence-corrected chi connectivity index (χ2v) is 4.81. The zero-order valence-electron chi connectivity index (χ0n) is 11.8. The average molecular weight is 309 g/mol. The van der Waals surface area contributed by atoms with Crippen LogP contribution >= 0.6 is 0 Å². The first kappa shape index (κ1) is 14.5. The van der Waals surface area contributed by atoms with E-state index in [-0.39, 0.29) is 11.3 Å². The van der Waals surface area contributed by atoms with Gasteiger partial charge in [-0.25, -0.2) is 9.48 Å². The van der Waals surface area contributed by atoms with E-state index in [0.717, 1.165) is 0 Å². The van der Waals surface area contributed by atoms with Gasteiger partial charge in [-0.3, -0.25) is 10.1 Å². The number of aromatic nitrogens is 2. The van der Waals surface area contributed by atoms with Gasteiger partial charge in [0, 0.05) is 23.9 Å². The number of carboxylic acids is 1. The van der Waals surface area contributed by atoms with Crippen LogP contribution in [-0.4, -0.2) is 25.8 Å². The first-order valence-corrected chi connectivity index (χ1v) is 6.69. The Hall–Kier alpha value is -3.48. The molecule has 0 aliphatic rings. The minimum absolute atomic E-state index is 0.00953. The zero-order chi connectivity index (χ0) is 16.4. The summed E-state index contributed by atoms with van der Waals surface area (Å²) < 4.78 is 1.58. The molecule has 114 valence electrons. The highest BCUT2D eigenvalue weighted by atomic mass is 16.6. The Morgan fingerprint density at radius 1 is 1.13 bits per heavy atom. The summed E-state index contributed by atoms with van der Waals surface area (Å²) in [5, 5.41) is 24.1. The highest BCUT2D eigenvalue weighted by Crippen LogP contribution is 2.21. The van der Waals surface area contributed by atoms with Gasteiger partial charge >= 0.3 is 5.97 Å². The maximum Gasteiger partial charge on any atom is 0.335 e. The Bertz CT molecular complexity index is 884. The van der Waals surface area contributed by atoms with E-state index in [4.69, 9.17) is 5.11 Å². The molecule has 0 saturated heterocycles. The molecule has 1 aromatic heterocycles. The summed E-state index contributed by atoms with van der Waals surface area (Å²) in [7, 11) is 0. The predicted octanol–water partition coefficient (Wildman–Crippen LogP) is 3.15. The summed E-state index contributed by atoms with van der Waals surface area (Å²) in [5.41, 5.74) is 2.18. The summed E-state index contributed by atoms with van der Waals surface area (Å²) in [4.78, 5) is 21.2. The molecule has 3 aromatic rings. The SMILES string of the molecule is O=C(O)c1cccc(-c2ccn(-c3ccc([N+](=O)[O-])cc3)n2)c1. The molecular formula is C16H11N3O4. The van der Waals surface area contributed by atoms with Crippen molar-refractivity contribution in [3.05, 3.63) is 76.5 Å². The van der Waals surface area contributed by atoms with Crippen molar-refractivity contribution in [2.24, 2.45) is 0 Å². The van der Waals surface area contributed by atoms with E-state index in [1.54, 1.807) is 47.3 Å². The maximum absolute atomic E-state index is 11.0. The summed E-state index contributed by atoms with van der Waals surface area (Å²) >= 11 is 0. The molecule has 0 amide bonds. The predicted molar refractivity (Wildman–Crippen MR) is 82.6 cm³/mol. The van der Waals surface area contributed by atoms with E-state index in [0.29, 0.717) is 16.9 Å². The second-order valence-electron chi connectivity index (χ2n) is 4.81. The van der Waals surface area contributed by atoms with E-state index in [9.17, 15) is 14.9 Å². The van der Waals surface area contributed by atoms with E-state index in [2.05, 4.69) is 5.10 Å². The smallest absolute Gasteiger partial charge is 0.335 e. The first-order valence-electron chi connectivity index (χ1n) is 6.69. The number of rotatable bonds is 4. The van der Waals surface area contributed by atoms with Crippen LogP contribution in [0.15, 0.2) is 60.8 Å². The van der Waals surface area contributed by atoms with Crippen molar-refractivity contribution in [2.75, 3.05) is 0 Å². The molecule has 0 bridgehead atoms. The van der Waals surface area contributed by atoms with Gasteiger partial charge in [-0.1, -0.05) is 12.1 Å². The summed E-state index contributed by atoms with van der Waals surface area (Å²) in [6.07, 6.45) is 1.71. The number of carboxylic acid groups (broad SMARTS) is 1. The fourth-order valence-electron chi connectivity index (χ4n) is 2.16. The third-order valence-corrected chi connectivity index (χ3v) is 3.32. The maximum atomic E-state index is 11.0. The lowest BCUT2D eigenvalue weighted by Crippen LogP contribution is -1.97. The fraction of sp³-hybridized carbons (Fsp3) is 0. The molecule has 0 aliphatic heterocycles. The van der Waals surface area contributed by atoms with Gasteiger partial charge in [0.25, 0.3) is 5.69 Å². The number of hydrogen-bond donors (Lipinski definition) is 1. The number of non-ortho nitro benzene ring substituents is 1. The van der Waals surface area contributed by atoms with Crippen LogP contribution in [0, 0.1) is 10.1 Å². The molecule has 1 heterocycles. The summed E-state index contributed by atoms with van der Waals surface area (Å²) in [6.45, 7) is 0. The molecule has 0 spiro atoms. The Morgan fingerprint density at radius 2 is 1.87 bits per heavy atom. The molecular weight excluding hydrogens is 298 g/mol. The molecule has 0 fully saturated rings. The molecule has 0 radical (unpaired) electrons. The Labute approximate surface area is 130 Å². The van der Waals surface area contributed by atoms with Crippen LogP contribution in [0.1, 0.15) is 10.4 Å². The molecule has 7 heteroatoms. The number of benzene rings is 2. The number of hydrogen-bond acceptors (Lipinski definition) is 4. The minimum atomic E-state index is -0.998. The second kappa shape index (κ2) is 5.72. The summed E-state index contributed by atoms with van der Waals surface area (Å²) in [5.74, 6) is -0.998. The third-order valence-electron chi connectivity index (χ3n) is 3.32. The molecule has 7 nitrogen and oxygen atoms in total. The molecule has 0 unspecified atom stereocenters. The number of nitro groups is 1. The largest absolute Gasteiger partial charge is 0.478 e. The van der Waals surface area contributed by atoms with Gasteiger partial charge in [-0.15, -0.1) is 0 Å². The van der Waals surface area contributed by atoms with Crippen molar-refractivity contribution in [1.82, 2.24) is 9.78 Å². The van der Waals surface area contributed by atoms with Gasteiger partial charge in [0.2, 0.25) is 0 Å². The van der Waals surface area contributed by atoms with Gasteiger partial charge < -0.3 is 5.11 Å². The van der Waals surface area contributed by atoms with E-state index < -0.39 is 10.9 Å². The molecule has 0 atom stereocenters. The van der Waals surface area contributed by atoms with Crippen molar-refractivity contribution in [1.29, 1.82) is 0 Å². The number of carbonyl (C=O) groups is 1. The fourth-order valence-corrected chi connectivity index (χ4v) is 2.16. The van der Waals surface area contributed by atoms with Crippen molar-refractivity contribution in [2.45, 2.75) is 0 Å². The third kappa shape index (κ3) is 2.93. The molecule has 3 rings (SSSR count). The topological polar surface area (TPSA) is 98.3 Å². The van der Waals surface area contributed by atoms with Gasteiger partial charge in [-0.2, -0.15) is 5.10 Å². The Kier molecular flexibility index (Phi) is 3.60. The van der Waals surface area contributed by atoms with Crippen LogP contribution in [0.5, 0.6) is 0 Å². The quantitative estimate of drug-likeness (QED) is 0.589. The van der Waals surface area contributed by atoms with Gasteiger partial charge in [-0.05, 0) is 30.3 Å². The first-order chi connectivity index (χ1) is 11.0. The van der Waals surface area contributed by atoms with Crippen LogP contribution in [0.25, 0.3) is 16.9 Å². The Balaban J connectivity index is 1.92. The van der Waals surface area contributed by atoms with Gasteiger partial charge in [0.05, 0.1) is 21.9 Å². The van der Waals surface area contributed by atoms with Crippen LogP contribution in [0.4, 0.5) is 5.69 Å². The van der Waals surface area contributed by atoms with E-state index in [1.807, 2.05) is 0 Å². The van der Waals surface area contributed by atoms with Gasteiger partial charge in [0.15, 0.2) is 0 Å². The van der Waals surface area contributed by atoms with E-state index in [1.165, 1.54) is 18.2 Å². The normalized spacial score (nSPS) is 10.4. The zero-order valence-corrected chi connectivity index (χ0v) is 11.8. The molecule has 1 N–H and O–H groups in total. The molecule has 0 aliphatic carbocycles. The number of aromatic carboxylic acids is 1. The van der Waals surface area contributed by atoms with Crippen molar-refractivity contribution < 1.29 is 14.8 Å². The van der Waals surface area contributed by atoms with Crippen LogP contribution < -0.4 is 0 Å². The standard InChI is InChI=1S/C16H11N3O4/c20-16(21)12-3-1-2-11(10-12)15-8-9-18(17-15)13-4-6-14(7-5-13)19(22)23/h1-10H,(H,20,21). The lowest BCUT2D eigenvalue weighted by atomic mass is 10.1. The molecule has 2 aromatic carbocycles. The average Bonchev–Trinajstić information content (AvgIpc) is 3.05. The van der Waals surface area contributed by atoms with Gasteiger partial charge in [0.1, 0.15) is 0 Å². The van der Waals surface area contributed by atoms with Crippen molar-refractivity contribution >= 4 is 11.7 Å². The van der Waals surface area contributed by atoms with Crippen molar-refractivity contribution in [3.63, 3.8) is 0 Å². The van der Waals surface area contributed by atoms with Crippen LogP contribution in [-0.2, 0) is 0 Å². The number of nitrogens with zero attached hydrogens (tertiary/aromatic N) is 3. The lowest BCUT2D eigenvalue weighted by molar-refractivity contribution is -0.384. The highest BCUT2D eigenvalue weighted by Gasteiger charge is 2.09. The minimum Gasteiger partial charge on any atom is -0.478 e. The highest BCUT2D eigenvalue weighted by molar-refractivity contribution is 5.89. The number of nitro benzene ring substituents is 1. The lowest BCUT2D eigenvalue weighted by Gasteiger charge is -2.01. The monoisotopic (exact) mass is 309 g/mol. The van der Waals surface area contributed by atoms with Crippen LogP contribution in [0.2, 0.25) is 0 Å². The van der Waals surface area contributed by atoms with Crippen molar-refractivity contribution in [3.8, 4) is 16.9 Å². The van der Waals surface area contributed by atoms with Crippen LogP contribution in [0.3, 0.4) is 0 Å². The Morgan fingerprint density at radius 3 is 2.52 bits per heavy atom. The molecule has 23 heavy (non-hydrogen) atoms.